The molecule has 1 atom stereocenters. The average molecular weight is 268 g/mol. The minimum absolute atomic E-state index is 0.151. The van der Waals surface area contributed by atoms with E-state index in [9.17, 15) is 9.59 Å². The summed E-state index contributed by atoms with van der Waals surface area (Å²) in [6.07, 6.45) is 7.50. The quantitative estimate of drug-likeness (QED) is 0.591. The van der Waals surface area contributed by atoms with E-state index in [0.29, 0.717) is 19.5 Å². The number of hydrogen-bond acceptors (Lipinski definition) is 2. The average Bonchev–Trinajstić information content (AvgIpc) is 2.87. The van der Waals surface area contributed by atoms with Gasteiger partial charge in [0.25, 0.3) is 0 Å². The van der Waals surface area contributed by atoms with Crippen LogP contribution in [0.4, 0.5) is 4.79 Å². The first-order valence-corrected chi connectivity index (χ1v) is 6.99. The van der Waals surface area contributed by atoms with E-state index < -0.39 is 5.97 Å². The lowest BCUT2D eigenvalue weighted by Crippen LogP contribution is -2.38. The second-order valence-electron chi connectivity index (χ2n) is 5.18. The molecule has 5 heteroatoms. The topological polar surface area (TPSA) is 78.4 Å². The lowest BCUT2D eigenvalue weighted by atomic mass is 10.1. The Labute approximate surface area is 114 Å². The lowest BCUT2D eigenvalue weighted by molar-refractivity contribution is -0.137. The van der Waals surface area contributed by atoms with Gasteiger partial charge in [0, 0.05) is 19.5 Å². The van der Waals surface area contributed by atoms with Crippen molar-refractivity contribution in [2.75, 3.05) is 13.1 Å². The first-order valence-electron chi connectivity index (χ1n) is 6.99. The molecular weight excluding hydrogens is 244 g/mol. The monoisotopic (exact) mass is 268 g/mol. The molecule has 0 heterocycles. The Balaban J connectivity index is 2.02. The molecule has 3 N–H and O–H groups in total. The molecule has 0 radical (unpaired) electrons. The summed E-state index contributed by atoms with van der Waals surface area (Å²) in [4.78, 5) is 21.9. The van der Waals surface area contributed by atoms with Crippen LogP contribution in [-0.4, -0.2) is 30.2 Å². The van der Waals surface area contributed by atoms with E-state index in [0.717, 1.165) is 12.8 Å². The number of aliphatic carboxylic acids is 1. The van der Waals surface area contributed by atoms with E-state index in [-0.39, 0.29) is 18.4 Å². The van der Waals surface area contributed by atoms with Crippen molar-refractivity contribution in [3.8, 4) is 0 Å². The Morgan fingerprint density at radius 2 is 2.21 bits per heavy atom. The Bertz CT molecular complexity index is 340. The molecule has 0 aromatic heterocycles. The molecule has 0 aliphatic heterocycles. The Morgan fingerprint density at radius 3 is 2.84 bits per heavy atom. The highest BCUT2D eigenvalue weighted by Crippen LogP contribution is 2.19. The predicted molar refractivity (Wildman–Crippen MR) is 74.0 cm³/mol. The summed E-state index contributed by atoms with van der Waals surface area (Å²) in [6.45, 7) is 3.12. The van der Waals surface area contributed by atoms with Crippen molar-refractivity contribution < 1.29 is 14.7 Å². The van der Waals surface area contributed by atoms with Crippen LogP contribution in [0, 0.1) is 5.92 Å². The Kier molecular flexibility index (Phi) is 7.00. The van der Waals surface area contributed by atoms with Gasteiger partial charge in [-0.25, -0.2) is 4.79 Å². The number of carbonyl (C=O) groups excluding carboxylic acids is 1. The molecule has 0 aromatic rings. The maximum Gasteiger partial charge on any atom is 0.314 e. The highest BCUT2D eigenvalue weighted by molar-refractivity contribution is 5.73. The van der Waals surface area contributed by atoms with E-state index in [1.807, 2.05) is 6.92 Å². The number of carbonyl (C=O) groups is 2. The zero-order valence-electron chi connectivity index (χ0n) is 11.6. The fraction of sp³-hybridized carbons (Fsp3) is 0.714. The number of rotatable bonds is 8. The molecule has 19 heavy (non-hydrogen) atoms. The number of carboxylic acid groups (broad SMARTS) is 1. The smallest absolute Gasteiger partial charge is 0.314 e. The van der Waals surface area contributed by atoms with Gasteiger partial charge in [-0.15, -0.1) is 0 Å². The highest BCUT2D eigenvalue weighted by atomic mass is 16.4. The fourth-order valence-electron chi connectivity index (χ4n) is 2.10. The van der Waals surface area contributed by atoms with Crippen molar-refractivity contribution in [2.45, 2.75) is 45.4 Å². The molecule has 0 bridgehead atoms. The Hall–Kier alpha value is -1.52. The standard InChI is InChI=1S/C14H24N2O3/c1-11(6-7-13(17)18)10-16-14(19)15-9-8-12-4-2-3-5-12/h4,11H,2-3,5-10H2,1H3,(H,17,18)(H2,15,16,19). The number of nitrogens with one attached hydrogen (secondary N) is 2. The van der Waals surface area contributed by atoms with Crippen molar-refractivity contribution >= 4 is 12.0 Å². The molecule has 1 aliphatic rings. The highest BCUT2D eigenvalue weighted by Gasteiger charge is 2.08. The van der Waals surface area contributed by atoms with Crippen molar-refractivity contribution in [3.05, 3.63) is 11.6 Å². The number of hydrogen-bond donors (Lipinski definition) is 3. The van der Waals surface area contributed by atoms with Crippen molar-refractivity contribution in [3.63, 3.8) is 0 Å². The summed E-state index contributed by atoms with van der Waals surface area (Å²) in [5.41, 5.74) is 1.44. The molecule has 0 saturated carbocycles. The van der Waals surface area contributed by atoms with Crippen LogP contribution in [0.25, 0.3) is 0 Å². The van der Waals surface area contributed by atoms with Crippen LogP contribution in [0.1, 0.15) is 45.4 Å². The van der Waals surface area contributed by atoms with Gasteiger partial charge in [-0.3, -0.25) is 4.79 Å². The van der Waals surface area contributed by atoms with Gasteiger partial charge in [0.15, 0.2) is 0 Å². The number of urea groups is 1. The zero-order chi connectivity index (χ0) is 14.1. The summed E-state index contributed by atoms with van der Waals surface area (Å²) in [7, 11) is 0. The van der Waals surface area contributed by atoms with Gasteiger partial charge >= 0.3 is 12.0 Å². The number of allylic oxidation sites excluding steroid dienone is 1. The summed E-state index contributed by atoms with van der Waals surface area (Å²) in [5.74, 6) is -0.611. The number of carboxylic acids is 1. The molecule has 1 rings (SSSR count). The van der Waals surface area contributed by atoms with Gasteiger partial charge in [0.05, 0.1) is 0 Å². The van der Waals surface area contributed by atoms with Gasteiger partial charge in [-0.2, -0.15) is 0 Å². The Morgan fingerprint density at radius 1 is 1.42 bits per heavy atom. The summed E-state index contributed by atoms with van der Waals surface area (Å²) in [6, 6.07) is -0.166. The second kappa shape index (κ2) is 8.56. The van der Waals surface area contributed by atoms with Crippen LogP contribution in [0.3, 0.4) is 0 Å². The van der Waals surface area contributed by atoms with Crippen LogP contribution in [0.2, 0.25) is 0 Å². The van der Waals surface area contributed by atoms with E-state index in [1.54, 1.807) is 0 Å². The van der Waals surface area contributed by atoms with Gasteiger partial charge in [-0.05, 0) is 38.0 Å². The SMILES string of the molecule is CC(CCC(=O)O)CNC(=O)NCCC1=CCCC1. The fourth-order valence-corrected chi connectivity index (χ4v) is 2.10. The molecule has 0 saturated heterocycles. The minimum atomic E-state index is -0.791. The van der Waals surface area contributed by atoms with E-state index in [1.165, 1.54) is 18.4 Å². The molecular formula is C14H24N2O3. The van der Waals surface area contributed by atoms with E-state index in [2.05, 4.69) is 16.7 Å². The van der Waals surface area contributed by atoms with Crippen LogP contribution >= 0.6 is 0 Å². The molecule has 5 nitrogen and oxygen atoms in total. The van der Waals surface area contributed by atoms with Gasteiger partial charge < -0.3 is 15.7 Å². The minimum Gasteiger partial charge on any atom is -0.481 e. The van der Waals surface area contributed by atoms with Crippen molar-refractivity contribution in [2.24, 2.45) is 5.92 Å². The van der Waals surface area contributed by atoms with Gasteiger partial charge in [0.1, 0.15) is 0 Å². The molecule has 0 aromatic carbocycles. The van der Waals surface area contributed by atoms with Gasteiger partial charge in [0.2, 0.25) is 0 Å². The van der Waals surface area contributed by atoms with Crippen molar-refractivity contribution in [1.82, 2.24) is 10.6 Å². The van der Waals surface area contributed by atoms with Gasteiger partial charge in [-0.1, -0.05) is 18.6 Å². The van der Waals surface area contributed by atoms with E-state index in [4.69, 9.17) is 5.11 Å². The molecule has 1 unspecified atom stereocenters. The van der Waals surface area contributed by atoms with Crippen LogP contribution in [-0.2, 0) is 4.79 Å². The first-order chi connectivity index (χ1) is 9.08. The second-order valence-corrected chi connectivity index (χ2v) is 5.18. The molecule has 0 spiro atoms. The molecule has 1 aliphatic carbocycles. The maximum absolute atomic E-state index is 11.5. The largest absolute Gasteiger partial charge is 0.481 e. The first kappa shape index (κ1) is 15.5. The molecule has 0 fully saturated rings. The van der Waals surface area contributed by atoms with Crippen molar-refractivity contribution in [1.29, 1.82) is 0 Å². The summed E-state index contributed by atoms with van der Waals surface area (Å²) < 4.78 is 0. The summed E-state index contributed by atoms with van der Waals surface area (Å²) in [5, 5.41) is 14.1. The maximum atomic E-state index is 11.5. The molecule has 108 valence electrons. The predicted octanol–water partition coefficient (Wildman–Crippen LogP) is 2.29. The third-order valence-electron chi connectivity index (χ3n) is 3.33. The third-order valence-corrected chi connectivity index (χ3v) is 3.33. The number of amides is 2. The van der Waals surface area contributed by atoms with Crippen LogP contribution in [0.15, 0.2) is 11.6 Å². The van der Waals surface area contributed by atoms with E-state index >= 15 is 0 Å². The van der Waals surface area contributed by atoms with Crippen LogP contribution < -0.4 is 10.6 Å². The third kappa shape index (κ3) is 7.49. The summed E-state index contributed by atoms with van der Waals surface area (Å²) >= 11 is 0. The lowest BCUT2D eigenvalue weighted by Gasteiger charge is -2.12. The molecule has 2 amide bonds. The normalized spacial score (nSPS) is 15.7. The van der Waals surface area contributed by atoms with Crippen LogP contribution in [0.5, 0.6) is 0 Å². The zero-order valence-corrected chi connectivity index (χ0v) is 11.6.